The third kappa shape index (κ3) is 3.22. The van der Waals surface area contributed by atoms with Gasteiger partial charge in [-0.1, -0.05) is 27.5 Å². The highest BCUT2D eigenvalue weighted by atomic mass is 79.9. The number of nitrogens with zero attached hydrogens (tertiary/aromatic N) is 1. The molecule has 0 aliphatic carbocycles. The van der Waals surface area contributed by atoms with Gasteiger partial charge in [0, 0.05) is 29.0 Å². The minimum atomic E-state index is 0.574. The lowest BCUT2D eigenvalue weighted by Gasteiger charge is -2.11. The molecule has 0 atom stereocenters. The monoisotopic (exact) mass is 326 g/mol. The first-order chi connectivity index (χ1) is 8.70. The Kier molecular flexibility index (Phi) is 4.58. The van der Waals surface area contributed by atoms with Crippen molar-refractivity contribution in [2.24, 2.45) is 0 Å². The van der Waals surface area contributed by atoms with Crippen LogP contribution < -0.4 is 10.1 Å². The number of rotatable bonds is 4. The lowest BCUT2D eigenvalue weighted by atomic mass is 10.2. The number of benzene rings is 1. The van der Waals surface area contributed by atoms with Crippen LogP contribution in [0.1, 0.15) is 5.56 Å². The van der Waals surface area contributed by atoms with Crippen molar-refractivity contribution in [3.05, 3.63) is 51.7 Å². The Balaban J connectivity index is 2.30. The van der Waals surface area contributed by atoms with Gasteiger partial charge in [0.2, 0.25) is 0 Å². The number of ether oxygens (including phenoxy) is 1. The van der Waals surface area contributed by atoms with Gasteiger partial charge in [0.1, 0.15) is 11.5 Å². The van der Waals surface area contributed by atoms with Crippen molar-refractivity contribution in [2.75, 3.05) is 7.05 Å². The van der Waals surface area contributed by atoms with Crippen molar-refractivity contribution in [3.8, 4) is 11.5 Å². The number of hydrogen-bond acceptors (Lipinski definition) is 3. The first kappa shape index (κ1) is 13.3. The van der Waals surface area contributed by atoms with E-state index in [1.165, 1.54) is 0 Å². The summed E-state index contributed by atoms with van der Waals surface area (Å²) in [7, 11) is 1.88. The Labute approximate surface area is 119 Å². The van der Waals surface area contributed by atoms with Crippen LogP contribution in [0.4, 0.5) is 0 Å². The third-order valence-corrected chi connectivity index (χ3v) is 3.14. The summed E-state index contributed by atoms with van der Waals surface area (Å²) in [6, 6.07) is 7.33. The maximum Gasteiger partial charge on any atom is 0.147 e. The molecule has 0 aliphatic rings. The molecule has 0 saturated heterocycles. The van der Waals surface area contributed by atoms with Crippen molar-refractivity contribution in [2.45, 2.75) is 6.54 Å². The molecular formula is C13H12BrClN2O. The SMILES string of the molecule is CNCc1cnccc1Oc1cc(Br)ccc1Cl. The molecular weight excluding hydrogens is 316 g/mol. The van der Waals surface area contributed by atoms with Crippen LogP contribution in [0.5, 0.6) is 11.5 Å². The average molecular weight is 328 g/mol. The maximum atomic E-state index is 6.10. The van der Waals surface area contributed by atoms with Crippen LogP contribution in [0.15, 0.2) is 41.1 Å². The molecule has 0 amide bonds. The zero-order valence-corrected chi connectivity index (χ0v) is 12.1. The Morgan fingerprint density at radius 3 is 2.94 bits per heavy atom. The fourth-order valence-electron chi connectivity index (χ4n) is 1.51. The maximum absolute atomic E-state index is 6.10. The Bertz CT molecular complexity index is 548. The van der Waals surface area contributed by atoms with Crippen LogP contribution in [0.3, 0.4) is 0 Å². The van der Waals surface area contributed by atoms with E-state index in [1.54, 1.807) is 18.5 Å². The van der Waals surface area contributed by atoms with E-state index >= 15 is 0 Å². The average Bonchev–Trinajstić information content (AvgIpc) is 2.36. The van der Waals surface area contributed by atoms with E-state index in [0.717, 1.165) is 15.8 Å². The number of halogens is 2. The molecule has 3 nitrogen and oxygen atoms in total. The van der Waals surface area contributed by atoms with Crippen molar-refractivity contribution in [1.82, 2.24) is 10.3 Å². The van der Waals surface area contributed by atoms with E-state index in [2.05, 4.69) is 26.2 Å². The molecule has 18 heavy (non-hydrogen) atoms. The Morgan fingerprint density at radius 1 is 1.33 bits per heavy atom. The van der Waals surface area contributed by atoms with Crippen LogP contribution in [0.25, 0.3) is 0 Å². The molecule has 0 saturated carbocycles. The number of aromatic nitrogens is 1. The second kappa shape index (κ2) is 6.18. The van der Waals surface area contributed by atoms with Gasteiger partial charge in [0.15, 0.2) is 0 Å². The summed E-state index contributed by atoms with van der Waals surface area (Å²) in [5.74, 6) is 1.37. The van der Waals surface area contributed by atoms with Gasteiger partial charge in [0.25, 0.3) is 0 Å². The predicted octanol–water partition coefficient (Wildman–Crippen LogP) is 4.01. The normalized spacial score (nSPS) is 10.4. The molecule has 0 radical (unpaired) electrons. The smallest absolute Gasteiger partial charge is 0.147 e. The number of pyridine rings is 1. The Morgan fingerprint density at radius 2 is 2.17 bits per heavy atom. The zero-order chi connectivity index (χ0) is 13.0. The fourth-order valence-corrected chi connectivity index (χ4v) is 2.01. The van der Waals surface area contributed by atoms with Gasteiger partial charge in [-0.2, -0.15) is 0 Å². The molecule has 2 aromatic rings. The standard InChI is InChI=1S/C13H12BrClN2O/c1-16-7-9-8-17-5-4-12(9)18-13-6-10(14)2-3-11(13)15/h2-6,8,16H,7H2,1H3. The lowest BCUT2D eigenvalue weighted by Crippen LogP contribution is -2.06. The van der Waals surface area contributed by atoms with Gasteiger partial charge < -0.3 is 10.1 Å². The molecule has 0 fully saturated rings. The zero-order valence-electron chi connectivity index (χ0n) is 9.78. The van der Waals surface area contributed by atoms with Gasteiger partial charge in [-0.25, -0.2) is 0 Å². The molecule has 1 aromatic heterocycles. The van der Waals surface area contributed by atoms with Crippen LogP contribution in [-0.2, 0) is 6.54 Å². The van der Waals surface area contributed by atoms with E-state index in [4.69, 9.17) is 16.3 Å². The van der Waals surface area contributed by atoms with Gasteiger partial charge in [-0.3, -0.25) is 4.98 Å². The molecule has 1 N–H and O–H groups in total. The van der Waals surface area contributed by atoms with Crippen LogP contribution >= 0.6 is 27.5 Å². The van der Waals surface area contributed by atoms with Crippen molar-refractivity contribution in [3.63, 3.8) is 0 Å². The summed E-state index contributed by atoms with van der Waals surface area (Å²) in [6.45, 7) is 0.689. The van der Waals surface area contributed by atoms with Gasteiger partial charge in [-0.15, -0.1) is 0 Å². The highest BCUT2D eigenvalue weighted by Crippen LogP contribution is 2.33. The molecule has 5 heteroatoms. The molecule has 1 heterocycles. The van der Waals surface area contributed by atoms with Gasteiger partial charge in [-0.05, 0) is 31.3 Å². The number of nitrogens with one attached hydrogen (secondary N) is 1. The Hall–Kier alpha value is -1.10. The minimum Gasteiger partial charge on any atom is -0.455 e. The molecule has 0 unspecified atom stereocenters. The summed E-state index contributed by atoms with van der Waals surface area (Å²) in [5.41, 5.74) is 0.982. The first-order valence-electron chi connectivity index (χ1n) is 5.41. The van der Waals surface area contributed by atoms with Gasteiger partial charge in [0.05, 0.1) is 5.02 Å². The highest BCUT2D eigenvalue weighted by Gasteiger charge is 2.07. The largest absolute Gasteiger partial charge is 0.455 e. The lowest BCUT2D eigenvalue weighted by molar-refractivity contribution is 0.473. The van der Waals surface area contributed by atoms with Gasteiger partial charge >= 0.3 is 0 Å². The molecule has 0 spiro atoms. The van der Waals surface area contributed by atoms with Crippen LogP contribution in [0, 0.1) is 0 Å². The topological polar surface area (TPSA) is 34.2 Å². The van der Waals surface area contributed by atoms with E-state index in [9.17, 15) is 0 Å². The summed E-state index contributed by atoms with van der Waals surface area (Å²) in [6.07, 6.45) is 3.47. The third-order valence-electron chi connectivity index (χ3n) is 2.34. The van der Waals surface area contributed by atoms with Crippen LogP contribution in [-0.4, -0.2) is 12.0 Å². The van der Waals surface area contributed by atoms with E-state index in [1.807, 2.05) is 25.2 Å². The van der Waals surface area contributed by atoms with Crippen molar-refractivity contribution >= 4 is 27.5 Å². The summed E-state index contributed by atoms with van der Waals surface area (Å²) in [5, 5.41) is 3.65. The molecule has 2 rings (SSSR count). The summed E-state index contributed by atoms with van der Waals surface area (Å²) in [4.78, 5) is 4.08. The highest BCUT2D eigenvalue weighted by molar-refractivity contribution is 9.10. The predicted molar refractivity (Wildman–Crippen MR) is 76.2 cm³/mol. The molecule has 94 valence electrons. The summed E-state index contributed by atoms with van der Waals surface area (Å²) >= 11 is 9.49. The quantitative estimate of drug-likeness (QED) is 0.921. The van der Waals surface area contributed by atoms with E-state index < -0.39 is 0 Å². The second-order valence-corrected chi connectivity index (χ2v) is 5.01. The van der Waals surface area contributed by atoms with Crippen LogP contribution in [0.2, 0.25) is 5.02 Å². The second-order valence-electron chi connectivity index (χ2n) is 3.69. The molecule has 1 aromatic carbocycles. The summed E-state index contributed by atoms with van der Waals surface area (Å²) < 4.78 is 6.75. The number of hydrogen-bond donors (Lipinski definition) is 1. The molecule has 0 bridgehead atoms. The van der Waals surface area contributed by atoms with Crippen molar-refractivity contribution in [1.29, 1.82) is 0 Å². The van der Waals surface area contributed by atoms with E-state index in [-0.39, 0.29) is 0 Å². The first-order valence-corrected chi connectivity index (χ1v) is 6.58. The van der Waals surface area contributed by atoms with E-state index in [0.29, 0.717) is 17.3 Å². The fraction of sp³-hybridized carbons (Fsp3) is 0.154. The minimum absolute atomic E-state index is 0.574. The van der Waals surface area contributed by atoms with Crippen molar-refractivity contribution < 1.29 is 4.74 Å². The molecule has 0 aliphatic heterocycles.